The first-order valence-corrected chi connectivity index (χ1v) is 9.96. The van der Waals surface area contributed by atoms with Gasteiger partial charge in [0.15, 0.2) is 0 Å². The number of hydrogen-bond acceptors (Lipinski definition) is 4. The van der Waals surface area contributed by atoms with Gasteiger partial charge in [-0.3, -0.25) is 9.35 Å². The molecule has 0 bridgehead atoms. The average molecular weight is 602 g/mol. The quantitative estimate of drug-likeness (QED) is 0.216. The maximum atomic E-state index is 11.5. The summed E-state index contributed by atoms with van der Waals surface area (Å²) in [6.45, 7) is 11.9. The number of amides is 1. The Hall–Kier alpha value is 0.102. The first-order valence-electron chi connectivity index (χ1n) is 8.35. The van der Waals surface area contributed by atoms with Gasteiger partial charge in [-0.25, -0.2) is 8.42 Å². The van der Waals surface area contributed by atoms with Gasteiger partial charge in [-0.15, -0.1) is 6.42 Å². The van der Waals surface area contributed by atoms with Crippen LogP contribution in [0, 0.1) is 56.3 Å². The van der Waals surface area contributed by atoms with Crippen molar-refractivity contribution >= 4 is 21.8 Å². The van der Waals surface area contributed by atoms with Crippen LogP contribution in [0.4, 0.5) is 0 Å². The van der Waals surface area contributed by atoms with E-state index in [9.17, 15) is 18.0 Å². The summed E-state index contributed by atoms with van der Waals surface area (Å²) in [5.74, 6) is 0.662. The summed E-state index contributed by atoms with van der Waals surface area (Å²) in [4.78, 5) is 22.8. The third-order valence-electron chi connectivity index (χ3n) is 3.10. The first-order chi connectivity index (χ1) is 11.0. The topological polar surface area (TPSA) is 101 Å². The molecule has 0 aliphatic carbocycles. The smallest absolute Gasteiger partial charge is 0.356 e. The number of nitrogens with one attached hydrogen (secondary N) is 1. The molecule has 2 N–H and O–H groups in total. The zero-order valence-electron chi connectivity index (χ0n) is 15.9. The van der Waals surface area contributed by atoms with Crippen molar-refractivity contribution in [3.05, 3.63) is 13.3 Å². The van der Waals surface area contributed by atoms with Crippen molar-refractivity contribution in [3.8, 4) is 0 Å². The van der Waals surface area contributed by atoms with Crippen molar-refractivity contribution in [1.82, 2.24) is 5.32 Å². The number of hydrogen-bond donors (Lipinski definition) is 2. The molecule has 0 spiro atoms. The second kappa shape index (κ2) is 17.5. The fraction of sp³-hybridized carbons (Fsp3) is 0.765. The van der Waals surface area contributed by atoms with Crippen molar-refractivity contribution in [2.45, 2.75) is 59.8 Å². The Labute approximate surface area is 177 Å². The van der Waals surface area contributed by atoms with E-state index in [0.29, 0.717) is 25.2 Å². The number of Topliss-reactive ketones (excluding diaryl/α,β-unsaturated/α-hetero) is 1. The second-order valence-electron chi connectivity index (χ2n) is 6.32. The van der Waals surface area contributed by atoms with Gasteiger partial charge in [-0.2, -0.15) is 6.42 Å². The van der Waals surface area contributed by atoms with Crippen LogP contribution in [0.1, 0.15) is 59.8 Å². The molecule has 0 fully saturated rings. The Kier molecular flexibility index (Phi) is 20.9. The minimum absolute atomic E-state index is 0. The van der Waals surface area contributed by atoms with E-state index in [1.165, 1.54) is 0 Å². The van der Waals surface area contributed by atoms with Crippen LogP contribution >= 0.6 is 0 Å². The molecule has 0 saturated carbocycles. The number of ketones is 1. The molecule has 25 heavy (non-hydrogen) atoms. The van der Waals surface area contributed by atoms with Gasteiger partial charge < -0.3 is 23.5 Å². The molecule has 0 aromatic carbocycles. The van der Waals surface area contributed by atoms with Crippen molar-refractivity contribution < 1.29 is 53.7 Å². The van der Waals surface area contributed by atoms with Crippen LogP contribution in [0.2, 0.25) is 0 Å². The third kappa shape index (κ3) is 26.4. The number of carbonyl (C=O) groups is 2. The second-order valence-corrected chi connectivity index (χ2v) is 7.90. The van der Waals surface area contributed by atoms with Crippen molar-refractivity contribution in [3.63, 3.8) is 0 Å². The predicted molar refractivity (Wildman–Crippen MR) is 96.9 cm³/mol. The van der Waals surface area contributed by atoms with E-state index in [1.54, 1.807) is 0 Å². The molecule has 0 radical (unpaired) electrons. The van der Waals surface area contributed by atoms with Crippen molar-refractivity contribution in [2.75, 3.05) is 12.3 Å². The Morgan fingerprint density at radius 2 is 1.72 bits per heavy atom. The molecular formula is C17H33NO5SU. The molecule has 0 aliphatic heterocycles. The van der Waals surface area contributed by atoms with Crippen LogP contribution in [-0.2, 0) is 19.7 Å². The number of unbranched alkanes of at least 4 members (excludes halogenated alkanes) is 1. The van der Waals surface area contributed by atoms with Crippen molar-refractivity contribution in [2.24, 2.45) is 11.8 Å². The normalized spacial score (nSPS) is 10.7. The maximum Gasteiger partial charge on any atom is 2.00 e. The molecule has 0 aromatic rings. The maximum absolute atomic E-state index is 11.5. The minimum Gasteiger partial charge on any atom is -0.356 e. The largest absolute Gasteiger partial charge is 2.00 e. The summed E-state index contributed by atoms with van der Waals surface area (Å²) >= 11 is 0. The molecule has 1 amide bonds. The van der Waals surface area contributed by atoms with Crippen LogP contribution in [0.15, 0.2) is 0 Å². The van der Waals surface area contributed by atoms with Gasteiger partial charge in [0.25, 0.3) is 0 Å². The Balaban J connectivity index is -0.000000592. The minimum atomic E-state index is -3.77. The summed E-state index contributed by atoms with van der Waals surface area (Å²) in [6, 6.07) is 0. The number of rotatable bonds is 11. The molecule has 6 nitrogen and oxygen atoms in total. The van der Waals surface area contributed by atoms with E-state index in [2.05, 4.69) is 26.1 Å². The molecule has 0 aliphatic rings. The van der Waals surface area contributed by atoms with Gasteiger partial charge in [0, 0.05) is 12.5 Å². The van der Waals surface area contributed by atoms with Crippen LogP contribution in [-0.4, -0.2) is 37.0 Å². The van der Waals surface area contributed by atoms with Gasteiger partial charge in [0.2, 0.25) is 16.0 Å². The SMILES string of the molecule is CC(C)CCCNC(=O)CC[CH-]CC(=O)C(C)C.[CH2-]CS(=O)(=O)O.[U+2]. The Morgan fingerprint density at radius 1 is 1.20 bits per heavy atom. The fourth-order valence-corrected chi connectivity index (χ4v) is 1.54. The van der Waals surface area contributed by atoms with Crippen LogP contribution in [0.3, 0.4) is 0 Å². The summed E-state index contributed by atoms with van der Waals surface area (Å²) < 4.78 is 26.7. The van der Waals surface area contributed by atoms with E-state index in [0.717, 1.165) is 19.4 Å². The van der Waals surface area contributed by atoms with Gasteiger partial charge in [-0.05, 0) is 25.2 Å². The van der Waals surface area contributed by atoms with Crippen LogP contribution in [0.5, 0.6) is 0 Å². The molecular weight excluding hydrogens is 568 g/mol. The summed E-state index contributed by atoms with van der Waals surface area (Å²) in [5, 5.41) is 2.91. The van der Waals surface area contributed by atoms with E-state index in [4.69, 9.17) is 4.55 Å². The van der Waals surface area contributed by atoms with E-state index >= 15 is 0 Å². The molecule has 146 valence electrons. The molecule has 0 heterocycles. The van der Waals surface area contributed by atoms with E-state index < -0.39 is 15.9 Å². The van der Waals surface area contributed by atoms with Gasteiger partial charge in [-0.1, -0.05) is 33.4 Å². The average Bonchev–Trinajstić information content (AvgIpc) is 2.47. The standard InChI is InChI=1S/C15H28NO2.C2H5O3S.U/c1-12(2)8-7-11-16-15(18)10-6-5-9-14(17)13(3)4;1-2-6(3,4)5;/h5,12-13H,6-11H2,1-4H3,(H,16,18);1-2H2,(H,3,4,5);/q2*-1;+2. The Morgan fingerprint density at radius 3 is 2.12 bits per heavy atom. The zero-order valence-corrected chi connectivity index (χ0v) is 20.9. The number of carbonyl (C=O) groups excluding carboxylic acids is 2. The van der Waals surface area contributed by atoms with E-state index in [-0.39, 0.29) is 48.7 Å². The molecule has 0 aromatic heterocycles. The predicted octanol–water partition coefficient (Wildman–Crippen LogP) is 2.85. The molecule has 8 heteroatoms. The molecule has 0 saturated heterocycles. The monoisotopic (exact) mass is 601 g/mol. The first kappa shape index (κ1) is 29.9. The third-order valence-corrected chi connectivity index (χ3v) is 3.62. The van der Waals surface area contributed by atoms with Gasteiger partial charge in [0.05, 0.1) is 0 Å². The summed E-state index contributed by atoms with van der Waals surface area (Å²) in [7, 11) is -3.77. The molecule has 0 unspecified atom stereocenters. The van der Waals surface area contributed by atoms with Crippen LogP contribution < -0.4 is 5.32 Å². The zero-order chi connectivity index (χ0) is 19.2. The molecule has 0 atom stereocenters. The fourth-order valence-electron chi connectivity index (χ4n) is 1.54. The van der Waals surface area contributed by atoms with Crippen molar-refractivity contribution in [1.29, 1.82) is 0 Å². The van der Waals surface area contributed by atoms with Gasteiger partial charge >= 0.3 is 31.1 Å². The summed E-state index contributed by atoms with van der Waals surface area (Å²) in [5.41, 5.74) is 0. The van der Waals surface area contributed by atoms with E-state index in [1.807, 2.05) is 20.3 Å². The molecule has 0 rings (SSSR count). The summed E-state index contributed by atoms with van der Waals surface area (Å²) in [6.07, 6.45) is 5.77. The van der Waals surface area contributed by atoms with Gasteiger partial charge in [0.1, 0.15) is 5.78 Å². The van der Waals surface area contributed by atoms with Crippen LogP contribution in [0.25, 0.3) is 0 Å². The Bertz CT molecular complexity index is 450.